The fourth-order valence-corrected chi connectivity index (χ4v) is 2.10. The molecular weight excluding hydrogens is 306 g/mol. The molecule has 2 aromatic rings. The van der Waals surface area contributed by atoms with Crippen LogP contribution in [0.4, 0.5) is 5.82 Å². The number of rotatable bonds is 5. The van der Waals surface area contributed by atoms with Gasteiger partial charge in [0.1, 0.15) is 5.82 Å². The lowest BCUT2D eigenvalue weighted by Gasteiger charge is -2.08. The molecular formula is C14H16BrN3O. The Labute approximate surface area is 120 Å². The molecule has 0 aliphatic carbocycles. The van der Waals surface area contributed by atoms with E-state index in [9.17, 15) is 4.79 Å². The Morgan fingerprint density at radius 2 is 2.16 bits per heavy atom. The second-order valence-electron chi connectivity index (χ2n) is 4.25. The smallest absolute Gasteiger partial charge is 0.250 e. The van der Waals surface area contributed by atoms with Crippen molar-refractivity contribution in [1.29, 1.82) is 0 Å². The number of nitrogens with zero attached hydrogens (tertiary/aromatic N) is 2. The van der Waals surface area contributed by atoms with Gasteiger partial charge in [-0.15, -0.1) is 0 Å². The van der Waals surface area contributed by atoms with Crippen molar-refractivity contribution in [3.63, 3.8) is 0 Å². The Kier molecular flexibility index (Phi) is 4.74. The summed E-state index contributed by atoms with van der Waals surface area (Å²) in [4.78, 5) is 16.2. The average Bonchev–Trinajstić information content (AvgIpc) is 2.41. The highest BCUT2D eigenvalue weighted by Crippen LogP contribution is 2.08. The fourth-order valence-electron chi connectivity index (χ4n) is 1.72. The van der Waals surface area contributed by atoms with Gasteiger partial charge in [-0.3, -0.25) is 4.79 Å². The lowest BCUT2D eigenvalue weighted by atomic mass is 10.3. The third kappa shape index (κ3) is 3.92. The van der Waals surface area contributed by atoms with Gasteiger partial charge in [0.05, 0.1) is 12.2 Å². The van der Waals surface area contributed by atoms with Crippen LogP contribution in [0.2, 0.25) is 0 Å². The topological polar surface area (TPSA) is 46.9 Å². The molecule has 100 valence electrons. The van der Waals surface area contributed by atoms with Crippen LogP contribution in [0.3, 0.4) is 0 Å². The van der Waals surface area contributed by atoms with E-state index in [4.69, 9.17) is 0 Å². The lowest BCUT2D eigenvalue weighted by molar-refractivity contribution is 0.737. The minimum absolute atomic E-state index is 0.0306. The largest absolute Gasteiger partial charge is 0.370 e. The van der Waals surface area contributed by atoms with E-state index in [2.05, 4.69) is 33.2 Å². The van der Waals surface area contributed by atoms with Crippen LogP contribution in [0, 0.1) is 0 Å². The molecule has 4 nitrogen and oxygen atoms in total. The number of nitrogens with one attached hydrogen (secondary N) is 1. The average molecular weight is 322 g/mol. The Bertz CT molecular complexity index is 610. The number of anilines is 1. The molecule has 2 rings (SSSR count). The Balaban J connectivity index is 2.18. The van der Waals surface area contributed by atoms with E-state index in [1.807, 2.05) is 18.2 Å². The molecule has 0 spiro atoms. The Hall–Kier alpha value is -1.62. The monoisotopic (exact) mass is 321 g/mol. The first kappa shape index (κ1) is 13.8. The number of hydrogen-bond acceptors (Lipinski definition) is 3. The first-order chi connectivity index (χ1) is 9.19. The van der Waals surface area contributed by atoms with Gasteiger partial charge in [-0.25, -0.2) is 4.98 Å². The zero-order valence-electron chi connectivity index (χ0n) is 10.8. The summed E-state index contributed by atoms with van der Waals surface area (Å²) in [5.41, 5.74) is 0.832. The van der Waals surface area contributed by atoms with E-state index in [1.165, 1.54) is 0 Å². The van der Waals surface area contributed by atoms with E-state index < -0.39 is 0 Å². The first-order valence-corrected chi connectivity index (χ1v) is 7.04. The molecule has 0 bridgehead atoms. The Morgan fingerprint density at radius 3 is 2.95 bits per heavy atom. The minimum Gasteiger partial charge on any atom is -0.370 e. The summed E-state index contributed by atoms with van der Waals surface area (Å²) in [6, 6.07) is 9.09. The van der Waals surface area contributed by atoms with Crippen LogP contribution in [0.5, 0.6) is 0 Å². The number of pyridine rings is 2. The number of hydrogen-bond donors (Lipinski definition) is 1. The van der Waals surface area contributed by atoms with E-state index >= 15 is 0 Å². The Morgan fingerprint density at radius 1 is 1.32 bits per heavy atom. The maximum Gasteiger partial charge on any atom is 0.250 e. The van der Waals surface area contributed by atoms with E-state index in [-0.39, 0.29) is 5.56 Å². The van der Waals surface area contributed by atoms with Gasteiger partial charge in [-0.2, -0.15) is 0 Å². The highest BCUT2D eigenvalue weighted by molar-refractivity contribution is 9.10. The summed E-state index contributed by atoms with van der Waals surface area (Å²) in [5.74, 6) is 0.849. The van der Waals surface area contributed by atoms with Crippen LogP contribution in [0.15, 0.2) is 45.8 Å². The van der Waals surface area contributed by atoms with Gasteiger partial charge < -0.3 is 9.88 Å². The van der Waals surface area contributed by atoms with Gasteiger partial charge in [0, 0.05) is 23.3 Å². The maximum atomic E-state index is 11.7. The van der Waals surface area contributed by atoms with Crippen LogP contribution in [-0.4, -0.2) is 16.1 Å². The summed E-state index contributed by atoms with van der Waals surface area (Å²) >= 11 is 3.37. The van der Waals surface area contributed by atoms with Crippen molar-refractivity contribution in [2.45, 2.75) is 19.9 Å². The van der Waals surface area contributed by atoms with Crippen LogP contribution >= 0.6 is 15.9 Å². The fraction of sp³-hybridized carbons (Fsp3) is 0.286. The van der Waals surface area contributed by atoms with Gasteiger partial charge in [0.15, 0.2) is 0 Å². The molecule has 5 heteroatoms. The molecule has 19 heavy (non-hydrogen) atoms. The predicted octanol–water partition coefficient (Wildman–Crippen LogP) is 2.88. The number of aromatic nitrogens is 2. The molecule has 1 N–H and O–H groups in total. The molecule has 0 saturated heterocycles. The van der Waals surface area contributed by atoms with Gasteiger partial charge in [-0.05, 0) is 40.5 Å². The van der Waals surface area contributed by atoms with Crippen molar-refractivity contribution in [1.82, 2.24) is 9.55 Å². The predicted molar refractivity (Wildman–Crippen MR) is 80.5 cm³/mol. The summed E-state index contributed by atoms with van der Waals surface area (Å²) < 4.78 is 2.52. The second-order valence-corrected chi connectivity index (χ2v) is 5.17. The van der Waals surface area contributed by atoms with Crippen LogP contribution in [0.1, 0.15) is 19.0 Å². The van der Waals surface area contributed by atoms with Crippen LogP contribution in [-0.2, 0) is 6.54 Å². The van der Waals surface area contributed by atoms with E-state index in [0.717, 1.165) is 29.0 Å². The zero-order chi connectivity index (χ0) is 13.7. The zero-order valence-corrected chi connectivity index (χ0v) is 12.4. The van der Waals surface area contributed by atoms with Gasteiger partial charge in [0.2, 0.25) is 0 Å². The molecule has 0 amide bonds. The molecule has 0 aliphatic rings. The molecule has 0 atom stereocenters. The normalized spacial score (nSPS) is 10.4. The van der Waals surface area contributed by atoms with Crippen LogP contribution in [0.25, 0.3) is 0 Å². The third-order valence-electron chi connectivity index (χ3n) is 2.64. The SMILES string of the molecule is CCCNc1cccc(Cn2cc(Br)ccc2=O)n1. The standard InChI is InChI=1S/C14H16BrN3O/c1-2-8-16-13-5-3-4-12(17-13)10-18-9-11(15)6-7-14(18)19/h3-7,9H,2,8,10H2,1H3,(H,16,17). The van der Waals surface area contributed by atoms with Crippen molar-refractivity contribution in [3.05, 3.63) is 57.0 Å². The molecule has 0 radical (unpaired) electrons. The van der Waals surface area contributed by atoms with Crippen molar-refractivity contribution >= 4 is 21.7 Å². The van der Waals surface area contributed by atoms with Crippen molar-refractivity contribution in [2.75, 3.05) is 11.9 Å². The molecule has 0 fully saturated rings. The van der Waals surface area contributed by atoms with Crippen molar-refractivity contribution in [3.8, 4) is 0 Å². The summed E-state index contributed by atoms with van der Waals surface area (Å²) in [5, 5.41) is 3.24. The van der Waals surface area contributed by atoms with E-state index in [0.29, 0.717) is 6.54 Å². The molecule has 0 aliphatic heterocycles. The van der Waals surface area contributed by atoms with Crippen LogP contribution < -0.4 is 10.9 Å². The quantitative estimate of drug-likeness (QED) is 0.921. The van der Waals surface area contributed by atoms with Gasteiger partial charge in [-0.1, -0.05) is 13.0 Å². The summed E-state index contributed by atoms with van der Waals surface area (Å²) in [7, 11) is 0. The summed E-state index contributed by atoms with van der Waals surface area (Å²) in [6.45, 7) is 3.48. The molecule has 0 aromatic carbocycles. The molecule has 0 unspecified atom stereocenters. The van der Waals surface area contributed by atoms with E-state index in [1.54, 1.807) is 22.9 Å². The highest BCUT2D eigenvalue weighted by atomic mass is 79.9. The van der Waals surface area contributed by atoms with Crippen molar-refractivity contribution < 1.29 is 0 Å². The maximum absolute atomic E-state index is 11.7. The summed E-state index contributed by atoms with van der Waals surface area (Å²) in [6.07, 6.45) is 2.83. The molecule has 2 heterocycles. The molecule has 0 saturated carbocycles. The highest BCUT2D eigenvalue weighted by Gasteiger charge is 2.01. The second kappa shape index (κ2) is 6.52. The van der Waals surface area contributed by atoms with Gasteiger partial charge >= 0.3 is 0 Å². The molecule has 2 aromatic heterocycles. The number of halogens is 1. The third-order valence-corrected chi connectivity index (χ3v) is 3.11. The van der Waals surface area contributed by atoms with Gasteiger partial charge in [0.25, 0.3) is 5.56 Å². The first-order valence-electron chi connectivity index (χ1n) is 6.25. The lowest BCUT2D eigenvalue weighted by Crippen LogP contribution is -2.19. The minimum atomic E-state index is -0.0306. The van der Waals surface area contributed by atoms with Crippen molar-refractivity contribution in [2.24, 2.45) is 0 Å².